The van der Waals surface area contributed by atoms with Crippen molar-refractivity contribution in [3.05, 3.63) is 48.4 Å². The van der Waals surface area contributed by atoms with Crippen LogP contribution in [-0.4, -0.2) is 18.3 Å². The molecule has 1 saturated heterocycles. The first-order valence-electron chi connectivity index (χ1n) is 6.52. The van der Waals surface area contributed by atoms with Gasteiger partial charge in [-0.3, -0.25) is 17.7 Å². The first-order chi connectivity index (χ1) is 8.77. The van der Waals surface area contributed by atoms with Crippen molar-refractivity contribution in [1.82, 2.24) is 0 Å². The van der Waals surface area contributed by atoms with Crippen LogP contribution < -0.4 is 5.46 Å². The first kappa shape index (κ1) is 21.6. The summed E-state index contributed by atoms with van der Waals surface area (Å²) in [5.41, 5.74) is 2.35. The Morgan fingerprint density at radius 2 is 1.76 bits per heavy atom. The third-order valence-electron chi connectivity index (χ3n) is 3.96. The average Bonchev–Trinajstić information content (AvgIpc) is 2.51. The number of benzene rings is 1. The van der Waals surface area contributed by atoms with Crippen molar-refractivity contribution >= 4 is 12.6 Å². The largest absolute Gasteiger partial charge is 0.457 e. The fourth-order valence-corrected chi connectivity index (χ4v) is 2.00. The van der Waals surface area contributed by atoms with Crippen LogP contribution in [0.5, 0.6) is 0 Å². The van der Waals surface area contributed by atoms with Gasteiger partial charge in [0.15, 0.2) is 0 Å². The van der Waals surface area contributed by atoms with Crippen molar-refractivity contribution in [3.63, 3.8) is 0 Å². The molecule has 0 N–H and O–H groups in total. The molecule has 0 atom stereocenters. The number of allylic oxidation sites excluding steroid dienone is 1. The van der Waals surface area contributed by atoms with E-state index < -0.39 is 0 Å². The van der Waals surface area contributed by atoms with Gasteiger partial charge in [-0.1, -0.05) is 0 Å². The molecule has 1 fully saturated rings. The average molecular weight is 528 g/mol. The molecule has 1 aromatic rings. The van der Waals surface area contributed by atoms with Gasteiger partial charge in [0.05, 0.1) is 11.2 Å². The maximum atomic E-state index is 6.07. The van der Waals surface area contributed by atoms with E-state index in [1.807, 2.05) is 19.1 Å². The molecule has 0 unspecified atom stereocenters. The van der Waals surface area contributed by atoms with Crippen LogP contribution in [0, 0.1) is 26.0 Å². The molecule has 2 nitrogen and oxygen atoms in total. The second-order valence-electron chi connectivity index (χ2n) is 5.92. The van der Waals surface area contributed by atoms with Gasteiger partial charge in [-0.25, -0.2) is 17.7 Å². The smallest absolute Gasteiger partial charge is 0.401 e. The van der Waals surface area contributed by atoms with Crippen LogP contribution >= 0.6 is 0 Å². The van der Waals surface area contributed by atoms with Gasteiger partial charge in [-0.05, 0) is 27.7 Å². The third kappa shape index (κ3) is 4.55. The molecule has 0 aromatic heterocycles. The molecule has 1 aromatic carbocycles. The second kappa shape index (κ2) is 7.93. The van der Waals surface area contributed by atoms with Crippen molar-refractivity contribution in [2.75, 3.05) is 0 Å². The number of hydrogen-bond donors (Lipinski definition) is 0. The standard InChI is InChI=1S/C16H20BO2.W.Y/c1-7-8-13-10-9-12(2)14(11-13)17-18-15(3,4)16(5,6)19-17;;/h7,9,11H,1H2,2-6H3;;/q-3;;. The van der Waals surface area contributed by atoms with Gasteiger partial charge < -0.3 is 22.3 Å². The Morgan fingerprint density at radius 3 is 2.24 bits per heavy atom. The van der Waals surface area contributed by atoms with Gasteiger partial charge in [0.1, 0.15) is 0 Å². The Balaban J connectivity index is 0.00000200. The van der Waals surface area contributed by atoms with Crippen molar-refractivity contribution in [2.45, 2.75) is 45.8 Å². The zero-order chi connectivity index (χ0) is 14.3. The Hall–Kier alpha value is 0.607. The Labute approximate surface area is 168 Å². The predicted octanol–water partition coefficient (Wildman–Crippen LogP) is 2.63. The van der Waals surface area contributed by atoms with E-state index in [9.17, 15) is 0 Å². The normalized spacial score (nSPS) is 19.2. The summed E-state index contributed by atoms with van der Waals surface area (Å²) in [6, 6.07) is 7.09. The summed E-state index contributed by atoms with van der Waals surface area (Å²) in [6.07, 6.45) is 4.67. The maximum Gasteiger partial charge on any atom is 0.457 e. The summed E-state index contributed by atoms with van der Waals surface area (Å²) in [7, 11) is -0.343. The second-order valence-corrected chi connectivity index (χ2v) is 5.92. The van der Waals surface area contributed by atoms with Crippen molar-refractivity contribution < 1.29 is 63.1 Å². The van der Waals surface area contributed by atoms with E-state index in [0.717, 1.165) is 16.6 Å². The van der Waals surface area contributed by atoms with E-state index >= 15 is 0 Å². The molecule has 2 rings (SSSR count). The molecule has 0 amide bonds. The Kier molecular flexibility index (Phi) is 8.16. The third-order valence-corrected chi connectivity index (χ3v) is 3.96. The van der Waals surface area contributed by atoms with Crippen LogP contribution in [0.3, 0.4) is 0 Å². The van der Waals surface area contributed by atoms with Gasteiger partial charge in [0.2, 0.25) is 0 Å². The summed E-state index contributed by atoms with van der Waals surface area (Å²) in [6.45, 7) is 13.9. The Morgan fingerprint density at radius 1 is 1.24 bits per heavy atom. The van der Waals surface area contributed by atoms with Gasteiger partial charge in [0, 0.05) is 53.8 Å². The zero-order valence-corrected chi connectivity index (χ0v) is 19.1. The minimum absolute atomic E-state index is 0. The SMILES string of the molecule is [CH2-]C=[C-]c1[c-]cc(C)c(B2OC(C)(C)C(C)(C)O2)c1.[W].[Y]. The van der Waals surface area contributed by atoms with Gasteiger partial charge in [-0.2, -0.15) is 5.46 Å². The van der Waals surface area contributed by atoms with E-state index in [1.54, 1.807) is 6.08 Å². The summed E-state index contributed by atoms with van der Waals surface area (Å²) < 4.78 is 12.1. The molecule has 21 heavy (non-hydrogen) atoms. The first-order valence-corrected chi connectivity index (χ1v) is 6.52. The summed E-state index contributed by atoms with van der Waals surface area (Å²) in [5, 5.41) is 0. The maximum absolute atomic E-state index is 6.07. The van der Waals surface area contributed by atoms with Crippen LogP contribution in [-0.2, 0) is 63.1 Å². The van der Waals surface area contributed by atoms with Gasteiger partial charge in [-0.15, -0.1) is 6.92 Å². The summed E-state index contributed by atoms with van der Waals surface area (Å²) in [4.78, 5) is 0. The van der Waals surface area contributed by atoms with Crippen LogP contribution in [0.4, 0.5) is 0 Å². The molecule has 1 radical (unpaired) electrons. The molecular weight excluding hydrogens is 508 g/mol. The zero-order valence-electron chi connectivity index (χ0n) is 13.3. The molecule has 5 heteroatoms. The van der Waals surface area contributed by atoms with E-state index in [-0.39, 0.29) is 72.1 Å². The van der Waals surface area contributed by atoms with E-state index in [0.29, 0.717) is 0 Å². The number of aryl methyl sites for hydroxylation is 1. The molecule has 0 bridgehead atoms. The van der Waals surface area contributed by atoms with Crippen molar-refractivity contribution in [2.24, 2.45) is 0 Å². The quantitative estimate of drug-likeness (QED) is 0.435. The fraction of sp³-hybridized carbons (Fsp3) is 0.438. The summed E-state index contributed by atoms with van der Waals surface area (Å²) >= 11 is 0. The molecule has 1 aliphatic rings. The van der Waals surface area contributed by atoms with E-state index in [1.165, 1.54) is 0 Å². The van der Waals surface area contributed by atoms with E-state index in [2.05, 4.69) is 46.8 Å². The summed E-state index contributed by atoms with van der Waals surface area (Å²) in [5.74, 6) is 0. The van der Waals surface area contributed by atoms with Gasteiger partial charge in [0.25, 0.3) is 0 Å². The fourth-order valence-electron chi connectivity index (χ4n) is 2.00. The minimum Gasteiger partial charge on any atom is -0.401 e. The number of rotatable bonds is 2. The predicted molar refractivity (Wildman–Crippen MR) is 78.0 cm³/mol. The van der Waals surface area contributed by atoms with E-state index in [4.69, 9.17) is 9.31 Å². The molecule has 0 aliphatic carbocycles. The molecule has 0 saturated carbocycles. The van der Waals surface area contributed by atoms with Crippen LogP contribution in [0.15, 0.2) is 18.2 Å². The minimum atomic E-state index is -0.343. The molecule has 0 spiro atoms. The molecule has 111 valence electrons. The van der Waals surface area contributed by atoms with Crippen LogP contribution in [0.2, 0.25) is 0 Å². The van der Waals surface area contributed by atoms with Gasteiger partial charge >= 0.3 is 7.12 Å². The monoisotopic (exact) mass is 528 g/mol. The van der Waals surface area contributed by atoms with Crippen LogP contribution in [0.1, 0.15) is 38.8 Å². The van der Waals surface area contributed by atoms with Crippen molar-refractivity contribution in [1.29, 1.82) is 0 Å². The Bertz CT molecular complexity index is 499. The molecule has 1 heterocycles. The van der Waals surface area contributed by atoms with Crippen LogP contribution in [0.25, 0.3) is 0 Å². The molecular formula is C16H20BO2WY-3. The molecule has 1 aliphatic heterocycles. The number of hydrogen-bond acceptors (Lipinski definition) is 2. The topological polar surface area (TPSA) is 18.5 Å². The van der Waals surface area contributed by atoms with Crippen molar-refractivity contribution in [3.8, 4) is 0 Å².